The van der Waals surface area contributed by atoms with Gasteiger partial charge in [-0.1, -0.05) is 13.8 Å². The number of benzene rings is 1. The van der Waals surface area contributed by atoms with Crippen molar-refractivity contribution in [2.24, 2.45) is 5.92 Å². The zero-order valence-electron chi connectivity index (χ0n) is 21.0. The van der Waals surface area contributed by atoms with Gasteiger partial charge in [0, 0.05) is 44.2 Å². The maximum atomic E-state index is 13.0. The van der Waals surface area contributed by atoms with E-state index in [1.165, 1.54) is 0 Å². The molecule has 8 nitrogen and oxygen atoms in total. The molecule has 0 N–H and O–H groups in total. The van der Waals surface area contributed by atoms with Gasteiger partial charge in [-0.2, -0.15) is 0 Å². The molecule has 3 rings (SSSR count). The highest BCUT2D eigenvalue weighted by Gasteiger charge is 2.25. The van der Waals surface area contributed by atoms with E-state index in [1.54, 1.807) is 12.0 Å². The molecule has 184 valence electrons. The highest BCUT2D eigenvalue weighted by atomic mass is 16.5. The van der Waals surface area contributed by atoms with Gasteiger partial charge in [0.15, 0.2) is 5.82 Å². The van der Waals surface area contributed by atoms with Gasteiger partial charge in [0.25, 0.3) is 0 Å². The smallest absolute Gasteiger partial charge is 0.242 e. The molecular formula is C26H37N5O3. The van der Waals surface area contributed by atoms with E-state index >= 15 is 0 Å². The van der Waals surface area contributed by atoms with Crippen LogP contribution in [0.15, 0.2) is 36.4 Å². The van der Waals surface area contributed by atoms with Crippen LogP contribution in [0, 0.1) is 5.92 Å². The summed E-state index contributed by atoms with van der Waals surface area (Å²) in [6.07, 6.45) is 1.31. The van der Waals surface area contributed by atoms with Gasteiger partial charge in [0.1, 0.15) is 5.75 Å². The van der Waals surface area contributed by atoms with Crippen molar-refractivity contribution < 1.29 is 14.3 Å². The average molecular weight is 468 g/mol. The third-order valence-corrected chi connectivity index (χ3v) is 6.04. The van der Waals surface area contributed by atoms with Crippen LogP contribution >= 0.6 is 0 Å². The summed E-state index contributed by atoms with van der Waals surface area (Å²) in [4.78, 5) is 31.4. The Balaban J connectivity index is 1.59. The summed E-state index contributed by atoms with van der Waals surface area (Å²) < 4.78 is 5.21. The Morgan fingerprint density at radius 3 is 2.29 bits per heavy atom. The van der Waals surface area contributed by atoms with Gasteiger partial charge in [-0.05, 0) is 62.6 Å². The number of hydrogen-bond donors (Lipinski definition) is 0. The standard InChI is InChI=1S/C26H37N5O3/c1-19(2)17-25(32)31(20(3)4)18-26(33)30-14-6-13-29(15-16-30)24-12-11-23(27-28-24)21-7-9-22(34-5)10-8-21/h7-12,19-20H,6,13-18H2,1-5H3. The number of hydrogen-bond acceptors (Lipinski definition) is 6. The fourth-order valence-electron chi connectivity index (χ4n) is 4.08. The van der Waals surface area contributed by atoms with E-state index in [2.05, 4.69) is 15.1 Å². The van der Waals surface area contributed by atoms with Crippen LogP contribution in [0.5, 0.6) is 5.75 Å². The number of ether oxygens (including phenoxy) is 1. The first-order valence-electron chi connectivity index (χ1n) is 12.1. The molecule has 2 aromatic rings. The van der Waals surface area contributed by atoms with E-state index in [0.29, 0.717) is 26.1 Å². The molecule has 0 aliphatic carbocycles. The third-order valence-electron chi connectivity index (χ3n) is 6.04. The second-order valence-corrected chi connectivity index (χ2v) is 9.44. The molecule has 2 heterocycles. The predicted molar refractivity (Wildman–Crippen MR) is 134 cm³/mol. The summed E-state index contributed by atoms with van der Waals surface area (Å²) in [7, 11) is 1.65. The molecule has 0 bridgehead atoms. The van der Waals surface area contributed by atoms with Crippen LogP contribution in [-0.4, -0.2) is 77.7 Å². The Labute approximate surface area is 202 Å². The van der Waals surface area contributed by atoms with Gasteiger partial charge in [0.05, 0.1) is 19.3 Å². The van der Waals surface area contributed by atoms with E-state index in [0.717, 1.165) is 35.8 Å². The normalized spacial score (nSPS) is 14.3. The molecule has 0 saturated carbocycles. The fourth-order valence-corrected chi connectivity index (χ4v) is 4.08. The molecule has 1 aromatic heterocycles. The van der Waals surface area contributed by atoms with E-state index < -0.39 is 0 Å². The Kier molecular flexibility index (Phi) is 8.85. The molecule has 0 atom stereocenters. The Morgan fingerprint density at radius 2 is 1.71 bits per heavy atom. The lowest BCUT2D eigenvalue weighted by Crippen LogP contribution is -2.47. The lowest BCUT2D eigenvalue weighted by molar-refractivity contribution is -0.142. The van der Waals surface area contributed by atoms with Crippen LogP contribution in [-0.2, 0) is 9.59 Å². The van der Waals surface area contributed by atoms with Crippen LogP contribution in [0.2, 0.25) is 0 Å². The van der Waals surface area contributed by atoms with Crippen LogP contribution in [0.25, 0.3) is 11.3 Å². The van der Waals surface area contributed by atoms with Crippen LogP contribution in [0.3, 0.4) is 0 Å². The first-order chi connectivity index (χ1) is 16.3. The molecule has 0 unspecified atom stereocenters. The van der Waals surface area contributed by atoms with Crippen molar-refractivity contribution in [1.82, 2.24) is 20.0 Å². The third kappa shape index (κ3) is 6.68. The number of methoxy groups -OCH3 is 1. The lowest BCUT2D eigenvalue weighted by Gasteiger charge is -2.30. The molecule has 1 aliphatic rings. The van der Waals surface area contributed by atoms with Gasteiger partial charge in [-0.3, -0.25) is 9.59 Å². The van der Waals surface area contributed by atoms with E-state index in [-0.39, 0.29) is 30.3 Å². The average Bonchev–Trinajstić information content (AvgIpc) is 3.08. The number of rotatable bonds is 8. The number of amides is 2. The Bertz CT molecular complexity index is 944. The van der Waals surface area contributed by atoms with Crippen molar-refractivity contribution in [3.05, 3.63) is 36.4 Å². The maximum absolute atomic E-state index is 13.0. The minimum atomic E-state index is -0.00170. The van der Waals surface area contributed by atoms with Crippen LogP contribution in [0.1, 0.15) is 40.5 Å². The SMILES string of the molecule is COc1ccc(-c2ccc(N3CCCN(C(=O)CN(C(=O)CC(C)C)C(C)C)CC3)nn2)cc1. The van der Waals surface area contributed by atoms with Gasteiger partial charge < -0.3 is 19.4 Å². The van der Waals surface area contributed by atoms with Crippen molar-refractivity contribution in [3.63, 3.8) is 0 Å². The quantitative estimate of drug-likeness (QED) is 0.592. The van der Waals surface area contributed by atoms with Gasteiger partial charge in [0.2, 0.25) is 11.8 Å². The van der Waals surface area contributed by atoms with Gasteiger partial charge >= 0.3 is 0 Å². The molecule has 1 fully saturated rings. The topological polar surface area (TPSA) is 78.9 Å². The second kappa shape index (κ2) is 11.8. The summed E-state index contributed by atoms with van der Waals surface area (Å²) in [5, 5.41) is 8.85. The summed E-state index contributed by atoms with van der Waals surface area (Å²) >= 11 is 0. The molecular weight excluding hydrogens is 430 g/mol. The summed E-state index contributed by atoms with van der Waals surface area (Å²) in [5.41, 5.74) is 1.78. The molecule has 2 amide bonds. The molecule has 0 radical (unpaired) electrons. The predicted octanol–water partition coefficient (Wildman–Crippen LogP) is 3.47. The Hall–Kier alpha value is -3.16. The monoisotopic (exact) mass is 467 g/mol. The molecule has 0 spiro atoms. The minimum absolute atomic E-state index is 0.00170. The maximum Gasteiger partial charge on any atom is 0.242 e. The van der Waals surface area contributed by atoms with Crippen LogP contribution in [0.4, 0.5) is 5.82 Å². The van der Waals surface area contributed by atoms with E-state index in [4.69, 9.17) is 4.74 Å². The van der Waals surface area contributed by atoms with E-state index in [1.807, 2.05) is 69.0 Å². The largest absolute Gasteiger partial charge is 0.497 e. The van der Waals surface area contributed by atoms with Crippen molar-refractivity contribution in [1.29, 1.82) is 0 Å². The molecule has 1 aliphatic heterocycles. The molecule has 1 aromatic carbocycles. The van der Waals surface area contributed by atoms with Gasteiger partial charge in [-0.25, -0.2) is 0 Å². The number of anilines is 1. The van der Waals surface area contributed by atoms with Crippen molar-refractivity contribution >= 4 is 17.6 Å². The number of carbonyl (C=O) groups is 2. The zero-order valence-corrected chi connectivity index (χ0v) is 21.0. The summed E-state index contributed by atoms with van der Waals surface area (Å²) in [5.74, 6) is 1.93. The fraction of sp³-hybridized carbons (Fsp3) is 0.538. The van der Waals surface area contributed by atoms with Crippen molar-refractivity contribution in [2.75, 3.05) is 44.7 Å². The lowest BCUT2D eigenvalue weighted by atomic mass is 10.1. The first kappa shape index (κ1) is 25.5. The highest BCUT2D eigenvalue weighted by Crippen LogP contribution is 2.22. The minimum Gasteiger partial charge on any atom is -0.497 e. The molecule has 8 heteroatoms. The summed E-state index contributed by atoms with van der Waals surface area (Å²) in [6.45, 7) is 10.9. The summed E-state index contributed by atoms with van der Waals surface area (Å²) in [6, 6.07) is 11.7. The molecule has 34 heavy (non-hydrogen) atoms. The number of carbonyl (C=O) groups excluding carboxylic acids is 2. The number of aromatic nitrogens is 2. The zero-order chi connectivity index (χ0) is 24.7. The van der Waals surface area contributed by atoms with Crippen molar-refractivity contribution in [3.8, 4) is 17.0 Å². The van der Waals surface area contributed by atoms with E-state index in [9.17, 15) is 9.59 Å². The number of nitrogens with zero attached hydrogens (tertiary/aromatic N) is 5. The van der Waals surface area contributed by atoms with Crippen LogP contribution < -0.4 is 9.64 Å². The first-order valence-corrected chi connectivity index (χ1v) is 12.1. The Morgan fingerprint density at radius 1 is 0.971 bits per heavy atom. The molecule has 1 saturated heterocycles. The van der Waals surface area contributed by atoms with Crippen molar-refractivity contribution in [2.45, 2.75) is 46.6 Å². The highest BCUT2D eigenvalue weighted by molar-refractivity contribution is 5.85. The van der Waals surface area contributed by atoms with Gasteiger partial charge in [-0.15, -0.1) is 10.2 Å². The second-order valence-electron chi connectivity index (χ2n) is 9.44.